The van der Waals surface area contributed by atoms with Crippen LogP contribution < -0.4 is 10.1 Å². The number of piperidine rings is 1. The number of hydrogen-bond donors (Lipinski definition) is 2. The number of nitriles is 1. The third-order valence-electron chi connectivity index (χ3n) is 6.49. The molecule has 2 N–H and O–H groups in total. The Kier molecular flexibility index (Phi) is 6.93. The Morgan fingerprint density at radius 3 is 2.59 bits per heavy atom. The molecule has 9 nitrogen and oxygen atoms in total. The van der Waals surface area contributed by atoms with Crippen LogP contribution in [0, 0.1) is 16.7 Å². The number of nitrogens with zero attached hydrogens (tertiary/aromatic N) is 4. The van der Waals surface area contributed by atoms with Gasteiger partial charge in [0, 0.05) is 37.4 Å². The Labute approximate surface area is 186 Å². The Balaban J connectivity index is 1.75. The number of alkyl halides is 2. The molecule has 0 bridgehead atoms. The predicted octanol–water partition coefficient (Wildman–Crippen LogP) is 2.14. The summed E-state index contributed by atoms with van der Waals surface area (Å²) in [5.74, 6) is -2.72. The molecule has 1 aliphatic heterocycles. The van der Waals surface area contributed by atoms with Gasteiger partial charge in [0.25, 0.3) is 0 Å². The number of sulfonamides is 1. The van der Waals surface area contributed by atoms with Crippen molar-refractivity contribution >= 4 is 16.0 Å². The van der Waals surface area contributed by atoms with E-state index in [-0.39, 0.29) is 36.3 Å². The molecule has 0 amide bonds. The molecule has 2 heterocycles. The maximum absolute atomic E-state index is 14.0. The SMILES string of the molecule is CC(O)C1(C)CC(F)(F)CC[C@H]1Oc1nc(NC2CCN(S(C)(=O)=O)CC2)ncc1C#N. The maximum Gasteiger partial charge on any atom is 0.249 e. The first-order valence-corrected chi connectivity index (χ1v) is 12.4. The Bertz CT molecular complexity index is 977. The Morgan fingerprint density at radius 1 is 1.38 bits per heavy atom. The molecule has 1 aliphatic carbocycles. The van der Waals surface area contributed by atoms with Crippen molar-refractivity contribution in [3.63, 3.8) is 0 Å². The zero-order valence-electron chi connectivity index (χ0n) is 18.4. The molecular formula is C20H29F2N5O4S. The monoisotopic (exact) mass is 473 g/mol. The van der Waals surface area contributed by atoms with Gasteiger partial charge in [0.2, 0.25) is 27.8 Å². The normalized spacial score (nSPS) is 28.0. The quantitative estimate of drug-likeness (QED) is 0.643. The van der Waals surface area contributed by atoms with Gasteiger partial charge in [-0.1, -0.05) is 6.92 Å². The average molecular weight is 474 g/mol. The van der Waals surface area contributed by atoms with Gasteiger partial charge in [-0.25, -0.2) is 26.5 Å². The Morgan fingerprint density at radius 2 is 2.03 bits per heavy atom. The van der Waals surface area contributed by atoms with E-state index >= 15 is 0 Å². The number of aliphatic hydroxyl groups is 1. The van der Waals surface area contributed by atoms with Crippen LogP contribution in [0.3, 0.4) is 0 Å². The molecule has 178 valence electrons. The average Bonchev–Trinajstić information content (AvgIpc) is 2.69. The third kappa shape index (κ3) is 5.44. The molecule has 1 aromatic rings. The second-order valence-corrected chi connectivity index (χ2v) is 10.9. The summed E-state index contributed by atoms with van der Waals surface area (Å²) < 4.78 is 58.8. The zero-order valence-corrected chi connectivity index (χ0v) is 19.2. The highest BCUT2D eigenvalue weighted by atomic mass is 32.2. The maximum atomic E-state index is 14.0. The van der Waals surface area contributed by atoms with Gasteiger partial charge >= 0.3 is 0 Å². The number of nitrogens with one attached hydrogen (secondary N) is 1. The first-order chi connectivity index (χ1) is 14.8. The fraction of sp³-hybridized carbons (Fsp3) is 0.750. The number of halogens is 2. The highest BCUT2D eigenvalue weighted by Gasteiger charge is 2.52. The van der Waals surface area contributed by atoms with Crippen LogP contribution in [0.5, 0.6) is 5.88 Å². The number of aliphatic hydroxyl groups excluding tert-OH is 1. The molecule has 0 aromatic carbocycles. The second kappa shape index (κ2) is 9.03. The first-order valence-electron chi connectivity index (χ1n) is 10.6. The lowest BCUT2D eigenvalue weighted by molar-refractivity contribution is -0.155. The van der Waals surface area contributed by atoms with Crippen LogP contribution in [0.1, 0.15) is 51.5 Å². The molecule has 1 saturated heterocycles. The summed E-state index contributed by atoms with van der Waals surface area (Å²) in [6, 6.07) is 1.88. The van der Waals surface area contributed by atoms with Crippen LogP contribution >= 0.6 is 0 Å². The van der Waals surface area contributed by atoms with Crippen molar-refractivity contribution in [2.45, 2.75) is 70.1 Å². The van der Waals surface area contributed by atoms with Crippen molar-refractivity contribution in [3.8, 4) is 11.9 Å². The van der Waals surface area contributed by atoms with Crippen molar-refractivity contribution in [3.05, 3.63) is 11.8 Å². The van der Waals surface area contributed by atoms with E-state index in [9.17, 15) is 27.6 Å². The van der Waals surface area contributed by atoms with Crippen LogP contribution in [-0.2, 0) is 10.0 Å². The largest absolute Gasteiger partial charge is 0.473 e. The van der Waals surface area contributed by atoms with Crippen molar-refractivity contribution in [2.75, 3.05) is 24.7 Å². The van der Waals surface area contributed by atoms with Gasteiger partial charge in [0.1, 0.15) is 17.7 Å². The van der Waals surface area contributed by atoms with E-state index < -0.39 is 40.0 Å². The molecule has 0 radical (unpaired) electrons. The lowest BCUT2D eigenvalue weighted by Gasteiger charge is -2.45. The lowest BCUT2D eigenvalue weighted by atomic mass is 9.68. The zero-order chi connectivity index (χ0) is 23.7. The smallest absolute Gasteiger partial charge is 0.249 e. The van der Waals surface area contributed by atoms with Gasteiger partial charge in [0.05, 0.1) is 18.6 Å². The van der Waals surface area contributed by atoms with Gasteiger partial charge in [-0.05, 0) is 26.2 Å². The molecule has 0 spiro atoms. The van der Waals surface area contributed by atoms with Crippen molar-refractivity contribution in [1.82, 2.24) is 14.3 Å². The highest BCUT2D eigenvalue weighted by Crippen LogP contribution is 2.48. The van der Waals surface area contributed by atoms with E-state index in [1.54, 1.807) is 6.92 Å². The summed E-state index contributed by atoms with van der Waals surface area (Å²) in [7, 11) is -3.24. The molecular weight excluding hydrogens is 444 g/mol. The Hall–Kier alpha value is -2.10. The number of anilines is 1. The minimum absolute atomic E-state index is 0.00991. The van der Waals surface area contributed by atoms with Crippen LogP contribution in [0.4, 0.5) is 14.7 Å². The van der Waals surface area contributed by atoms with Crippen molar-refractivity contribution < 1.29 is 27.0 Å². The van der Waals surface area contributed by atoms with Crippen LogP contribution in [-0.4, -0.2) is 71.3 Å². The van der Waals surface area contributed by atoms with Crippen LogP contribution in [0.25, 0.3) is 0 Å². The molecule has 32 heavy (non-hydrogen) atoms. The summed E-state index contributed by atoms with van der Waals surface area (Å²) in [5.41, 5.74) is -1.15. The summed E-state index contributed by atoms with van der Waals surface area (Å²) in [4.78, 5) is 8.43. The van der Waals surface area contributed by atoms with E-state index in [0.717, 1.165) is 0 Å². The second-order valence-electron chi connectivity index (χ2n) is 8.96. The number of hydrogen-bond acceptors (Lipinski definition) is 8. The highest BCUT2D eigenvalue weighted by molar-refractivity contribution is 7.88. The molecule has 1 aromatic heterocycles. The predicted molar refractivity (Wildman–Crippen MR) is 113 cm³/mol. The van der Waals surface area contributed by atoms with E-state index in [4.69, 9.17) is 4.74 Å². The molecule has 2 fully saturated rings. The standard InChI is InChI=1S/C20H29F2N5O4S/c1-13(28)19(2)12-20(21,22)7-4-16(19)31-17-14(10-23)11-24-18(26-17)25-15-5-8-27(9-6-15)32(3,29)30/h11,13,15-16,28H,4-9,12H2,1-3H3,(H,24,25,26)/t13?,16-,19?/m1/s1. The fourth-order valence-electron chi connectivity index (χ4n) is 4.29. The van der Waals surface area contributed by atoms with Gasteiger partial charge in [-0.2, -0.15) is 10.2 Å². The van der Waals surface area contributed by atoms with E-state index in [2.05, 4.69) is 15.3 Å². The van der Waals surface area contributed by atoms with Gasteiger partial charge < -0.3 is 15.2 Å². The van der Waals surface area contributed by atoms with Crippen molar-refractivity contribution in [2.24, 2.45) is 5.41 Å². The molecule has 2 unspecified atom stereocenters. The van der Waals surface area contributed by atoms with Gasteiger partial charge in [0.15, 0.2) is 0 Å². The number of aromatic nitrogens is 2. The third-order valence-corrected chi connectivity index (χ3v) is 7.79. The van der Waals surface area contributed by atoms with E-state index in [1.165, 1.54) is 23.7 Å². The summed E-state index contributed by atoms with van der Waals surface area (Å²) in [6.07, 6.45) is 0.892. The van der Waals surface area contributed by atoms with E-state index in [0.29, 0.717) is 25.9 Å². The molecule has 3 atom stereocenters. The van der Waals surface area contributed by atoms with E-state index in [1.807, 2.05) is 6.07 Å². The van der Waals surface area contributed by atoms with Gasteiger partial charge in [-0.3, -0.25) is 0 Å². The van der Waals surface area contributed by atoms with Gasteiger partial charge in [-0.15, -0.1) is 0 Å². The summed E-state index contributed by atoms with van der Waals surface area (Å²) >= 11 is 0. The lowest BCUT2D eigenvalue weighted by Crippen LogP contribution is -2.52. The molecule has 12 heteroatoms. The molecule has 2 aliphatic rings. The summed E-state index contributed by atoms with van der Waals surface area (Å²) in [5, 5.41) is 22.8. The summed E-state index contributed by atoms with van der Waals surface area (Å²) in [6.45, 7) is 3.76. The number of rotatable bonds is 6. The van der Waals surface area contributed by atoms with Crippen LogP contribution in [0.15, 0.2) is 6.20 Å². The number of ether oxygens (including phenoxy) is 1. The minimum atomic E-state index is -3.24. The minimum Gasteiger partial charge on any atom is -0.473 e. The molecule has 3 rings (SSSR count). The first kappa shape index (κ1) is 24.5. The topological polar surface area (TPSA) is 128 Å². The molecule has 1 saturated carbocycles. The van der Waals surface area contributed by atoms with Crippen LogP contribution in [0.2, 0.25) is 0 Å². The van der Waals surface area contributed by atoms with Crippen molar-refractivity contribution in [1.29, 1.82) is 5.26 Å². The fourth-order valence-corrected chi connectivity index (χ4v) is 5.17.